The van der Waals surface area contributed by atoms with E-state index in [0.717, 1.165) is 24.5 Å². The first-order valence-corrected chi connectivity index (χ1v) is 6.31. The van der Waals surface area contributed by atoms with Crippen LogP contribution in [0.25, 0.3) is 0 Å². The number of aliphatic hydroxyl groups excluding tert-OH is 1. The number of hydrogen-bond acceptors (Lipinski definition) is 4. The maximum absolute atomic E-state index is 9.14. The van der Waals surface area contributed by atoms with Crippen molar-refractivity contribution < 1.29 is 5.11 Å². The minimum absolute atomic E-state index is 0.169. The molecule has 1 fully saturated rings. The highest BCUT2D eigenvalue weighted by atomic mass is 16.3. The van der Waals surface area contributed by atoms with Gasteiger partial charge in [0.1, 0.15) is 5.82 Å². The minimum Gasteiger partial charge on any atom is -0.395 e. The van der Waals surface area contributed by atoms with Crippen molar-refractivity contribution in [3.63, 3.8) is 0 Å². The van der Waals surface area contributed by atoms with Crippen LogP contribution in [-0.2, 0) is 0 Å². The smallest absolute Gasteiger partial charge is 0.128 e. The van der Waals surface area contributed by atoms with E-state index in [-0.39, 0.29) is 6.61 Å². The molecule has 0 spiro atoms. The summed E-state index contributed by atoms with van der Waals surface area (Å²) < 4.78 is 0. The fourth-order valence-corrected chi connectivity index (χ4v) is 2.25. The van der Waals surface area contributed by atoms with E-state index in [4.69, 9.17) is 5.11 Å². The Balaban J connectivity index is 2.02. The first-order chi connectivity index (χ1) is 8.29. The van der Waals surface area contributed by atoms with Crippen LogP contribution in [0.4, 0.5) is 5.82 Å². The summed E-state index contributed by atoms with van der Waals surface area (Å²) in [6.45, 7) is 4.89. The van der Waals surface area contributed by atoms with Crippen molar-refractivity contribution in [2.75, 3.05) is 31.1 Å². The lowest BCUT2D eigenvalue weighted by molar-refractivity contribution is 0.300. The molecule has 1 saturated heterocycles. The number of aromatic nitrogens is 1. The summed E-state index contributed by atoms with van der Waals surface area (Å²) in [6, 6.07) is 4.62. The van der Waals surface area contributed by atoms with Crippen LogP contribution in [-0.4, -0.2) is 42.4 Å². The molecule has 1 aliphatic rings. The van der Waals surface area contributed by atoms with Gasteiger partial charge in [-0.3, -0.25) is 0 Å². The van der Waals surface area contributed by atoms with Crippen molar-refractivity contribution in [1.82, 2.24) is 10.3 Å². The van der Waals surface area contributed by atoms with E-state index in [2.05, 4.69) is 21.3 Å². The SMILES string of the molecule is Cc1ccc(N(CCO)CC2CCCN2)nc1. The Kier molecular flexibility index (Phi) is 4.34. The van der Waals surface area contributed by atoms with Crippen molar-refractivity contribution in [2.45, 2.75) is 25.8 Å². The van der Waals surface area contributed by atoms with Gasteiger partial charge >= 0.3 is 0 Å². The maximum Gasteiger partial charge on any atom is 0.128 e. The van der Waals surface area contributed by atoms with Crippen LogP contribution in [0.2, 0.25) is 0 Å². The third kappa shape index (κ3) is 3.41. The van der Waals surface area contributed by atoms with Crippen molar-refractivity contribution in [3.8, 4) is 0 Å². The Bertz CT molecular complexity index is 333. The van der Waals surface area contributed by atoms with Crippen LogP contribution in [0.5, 0.6) is 0 Å². The Hall–Kier alpha value is -1.13. The van der Waals surface area contributed by atoms with Crippen molar-refractivity contribution >= 4 is 5.82 Å². The molecule has 94 valence electrons. The summed E-state index contributed by atoms with van der Waals surface area (Å²) >= 11 is 0. The fourth-order valence-electron chi connectivity index (χ4n) is 2.25. The van der Waals surface area contributed by atoms with Crippen LogP contribution >= 0.6 is 0 Å². The summed E-state index contributed by atoms with van der Waals surface area (Å²) in [5, 5.41) is 12.6. The lowest BCUT2D eigenvalue weighted by Crippen LogP contribution is -2.39. The Morgan fingerprint density at radius 3 is 3.00 bits per heavy atom. The zero-order valence-corrected chi connectivity index (χ0v) is 10.4. The average molecular weight is 235 g/mol. The van der Waals surface area contributed by atoms with Gasteiger partial charge in [-0.1, -0.05) is 6.07 Å². The molecule has 0 amide bonds. The maximum atomic E-state index is 9.14. The molecule has 0 aliphatic carbocycles. The van der Waals surface area contributed by atoms with Gasteiger partial charge in [0.25, 0.3) is 0 Å². The summed E-state index contributed by atoms with van der Waals surface area (Å²) in [5.74, 6) is 0.957. The van der Waals surface area contributed by atoms with Crippen molar-refractivity contribution in [1.29, 1.82) is 0 Å². The molecule has 2 heterocycles. The first kappa shape index (κ1) is 12.3. The number of aryl methyl sites for hydroxylation is 1. The molecule has 1 aliphatic heterocycles. The van der Waals surface area contributed by atoms with Crippen LogP contribution in [0.3, 0.4) is 0 Å². The molecule has 4 heteroatoms. The zero-order chi connectivity index (χ0) is 12.1. The van der Waals surface area contributed by atoms with Gasteiger partial charge in [0, 0.05) is 25.3 Å². The lowest BCUT2D eigenvalue weighted by atomic mass is 10.2. The number of rotatable bonds is 5. The van der Waals surface area contributed by atoms with Crippen LogP contribution in [0, 0.1) is 6.92 Å². The summed E-state index contributed by atoms with van der Waals surface area (Å²) in [5.41, 5.74) is 1.16. The summed E-state index contributed by atoms with van der Waals surface area (Å²) in [6.07, 6.45) is 4.34. The Morgan fingerprint density at radius 2 is 2.41 bits per heavy atom. The van der Waals surface area contributed by atoms with Crippen molar-refractivity contribution in [3.05, 3.63) is 23.9 Å². The third-order valence-corrected chi connectivity index (χ3v) is 3.19. The highest BCUT2D eigenvalue weighted by Gasteiger charge is 2.18. The molecule has 0 bridgehead atoms. The first-order valence-electron chi connectivity index (χ1n) is 6.31. The van der Waals surface area contributed by atoms with E-state index < -0.39 is 0 Å². The molecule has 0 radical (unpaired) electrons. The second kappa shape index (κ2) is 5.98. The molecular formula is C13H21N3O. The average Bonchev–Trinajstić information content (AvgIpc) is 2.82. The zero-order valence-electron chi connectivity index (χ0n) is 10.4. The second-order valence-corrected chi connectivity index (χ2v) is 4.66. The predicted molar refractivity (Wildman–Crippen MR) is 69.3 cm³/mol. The van der Waals surface area contributed by atoms with Crippen LogP contribution < -0.4 is 10.2 Å². The molecular weight excluding hydrogens is 214 g/mol. The number of nitrogens with one attached hydrogen (secondary N) is 1. The molecule has 2 rings (SSSR count). The van der Waals surface area contributed by atoms with Gasteiger partial charge in [0.2, 0.25) is 0 Å². The van der Waals surface area contributed by atoms with E-state index >= 15 is 0 Å². The van der Waals surface area contributed by atoms with Crippen LogP contribution in [0.1, 0.15) is 18.4 Å². The van der Waals surface area contributed by atoms with E-state index in [1.54, 1.807) is 0 Å². The number of anilines is 1. The van der Waals surface area contributed by atoms with Gasteiger partial charge in [-0.2, -0.15) is 0 Å². The molecule has 0 saturated carbocycles. The highest BCUT2D eigenvalue weighted by molar-refractivity contribution is 5.39. The molecule has 0 aromatic carbocycles. The summed E-state index contributed by atoms with van der Waals surface area (Å²) in [7, 11) is 0. The monoisotopic (exact) mass is 235 g/mol. The number of nitrogens with zero attached hydrogens (tertiary/aromatic N) is 2. The normalized spacial score (nSPS) is 19.5. The van der Waals surface area contributed by atoms with Gasteiger partial charge in [0.15, 0.2) is 0 Å². The fraction of sp³-hybridized carbons (Fsp3) is 0.615. The quantitative estimate of drug-likeness (QED) is 0.797. The van der Waals surface area contributed by atoms with Crippen molar-refractivity contribution in [2.24, 2.45) is 0 Å². The molecule has 2 N–H and O–H groups in total. The minimum atomic E-state index is 0.169. The molecule has 4 nitrogen and oxygen atoms in total. The Labute approximate surface area is 103 Å². The van der Waals surface area contributed by atoms with Gasteiger partial charge in [-0.15, -0.1) is 0 Å². The lowest BCUT2D eigenvalue weighted by Gasteiger charge is -2.26. The van der Waals surface area contributed by atoms with Gasteiger partial charge in [0.05, 0.1) is 6.61 Å². The van der Waals surface area contributed by atoms with E-state index in [0.29, 0.717) is 12.6 Å². The molecule has 1 aromatic heterocycles. The summed E-state index contributed by atoms with van der Waals surface area (Å²) in [4.78, 5) is 6.58. The standard InChI is InChI=1S/C13H21N3O/c1-11-4-5-13(15-9-11)16(7-8-17)10-12-3-2-6-14-12/h4-5,9,12,14,17H,2-3,6-8,10H2,1H3. The van der Waals surface area contributed by atoms with E-state index in [1.165, 1.54) is 12.8 Å². The largest absolute Gasteiger partial charge is 0.395 e. The van der Waals surface area contributed by atoms with Crippen LogP contribution in [0.15, 0.2) is 18.3 Å². The number of pyridine rings is 1. The highest BCUT2D eigenvalue weighted by Crippen LogP contribution is 2.14. The topological polar surface area (TPSA) is 48.4 Å². The third-order valence-electron chi connectivity index (χ3n) is 3.19. The second-order valence-electron chi connectivity index (χ2n) is 4.66. The van der Waals surface area contributed by atoms with E-state index in [9.17, 15) is 0 Å². The van der Waals surface area contributed by atoms with Gasteiger partial charge < -0.3 is 15.3 Å². The van der Waals surface area contributed by atoms with Gasteiger partial charge in [-0.05, 0) is 37.9 Å². The van der Waals surface area contributed by atoms with Gasteiger partial charge in [-0.25, -0.2) is 4.98 Å². The molecule has 1 unspecified atom stereocenters. The number of aliphatic hydroxyl groups is 1. The molecule has 1 atom stereocenters. The predicted octanol–water partition coefficient (Wildman–Crippen LogP) is 0.941. The number of hydrogen-bond donors (Lipinski definition) is 2. The molecule has 17 heavy (non-hydrogen) atoms. The molecule has 1 aromatic rings. The Morgan fingerprint density at radius 1 is 1.53 bits per heavy atom. The van der Waals surface area contributed by atoms with E-state index in [1.807, 2.05) is 19.2 Å².